The predicted octanol–water partition coefficient (Wildman–Crippen LogP) is 2.85. The molecule has 0 radical (unpaired) electrons. The fourth-order valence-corrected chi connectivity index (χ4v) is 1.90. The molecule has 3 nitrogen and oxygen atoms in total. The van der Waals surface area contributed by atoms with E-state index in [1.807, 2.05) is 13.0 Å². The first-order chi connectivity index (χ1) is 8.87. The number of nitrogens with zero attached hydrogens (tertiary/aromatic N) is 2. The number of hydrogen-bond acceptors (Lipinski definition) is 3. The van der Waals surface area contributed by atoms with Crippen molar-refractivity contribution in [1.29, 1.82) is 0 Å². The van der Waals surface area contributed by atoms with E-state index in [0.717, 1.165) is 37.6 Å². The maximum Gasteiger partial charge on any atom is 0.0547 e. The summed E-state index contributed by atoms with van der Waals surface area (Å²) in [5.74, 6) is 0. The van der Waals surface area contributed by atoms with Crippen LogP contribution in [0.2, 0.25) is 0 Å². The van der Waals surface area contributed by atoms with E-state index in [1.165, 1.54) is 6.42 Å². The van der Waals surface area contributed by atoms with E-state index in [1.54, 1.807) is 0 Å². The minimum absolute atomic E-state index is 0.421. The molecule has 108 valence electrons. The van der Waals surface area contributed by atoms with Crippen LogP contribution in [0.5, 0.6) is 0 Å². The third-order valence-electron chi connectivity index (χ3n) is 3.10. The number of aryl methyl sites for hydroxylation is 1. The Labute approximate surface area is 118 Å². The van der Waals surface area contributed by atoms with Crippen molar-refractivity contribution in [3.8, 4) is 0 Å². The highest BCUT2D eigenvalue weighted by molar-refractivity contribution is 5.09. The Kier molecular flexibility index (Phi) is 6.46. The minimum Gasteiger partial charge on any atom is -0.315 e. The molecule has 0 bridgehead atoms. The summed E-state index contributed by atoms with van der Waals surface area (Å²) in [6.07, 6.45) is 1.22. The van der Waals surface area contributed by atoms with E-state index in [4.69, 9.17) is 0 Å². The Bertz CT molecular complexity index is 369. The summed E-state index contributed by atoms with van der Waals surface area (Å²) in [5.41, 5.74) is 2.66. The fraction of sp³-hybridized carbons (Fsp3) is 0.688. The maximum atomic E-state index is 4.53. The van der Waals surface area contributed by atoms with Crippen LogP contribution in [-0.4, -0.2) is 36.6 Å². The van der Waals surface area contributed by atoms with Gasteiger partial charge < -0.3 is 5.32 Å². The second-order valence-electron chi connectivity index (χ2n) is 6.57. The second-order valence-corrected chi connectivity index (χ2v) is 6.57. The molecule has 0 fully saturated rings. The van der Waals surface area contributed by atoms with E-state index in [9.17, 15) is 0 Å². The van der Waals surface area contributed by atoms with E-state index in [2.05, 4.69) is 55.2 Å². The largest absolute Gasteiger partial charge is 0.315 e. The van der Waals surface area contributed by atoms with Gasteiger partial charge in [0, 0.05) is 25.3 Å². The average molecular weight is 263 g/mol. The minimum atomic E-state index is 0.421. The molecule has 0 saturated carbocycles. The average Bonchev–Trinajstić information content (AvgIpc) is 2.26. The molecule has 0 aliphatic rings. The Hall–Kier alpha value is -0.930. The van der Waals surface area contributed by atoms with Gasteiger partial charge in [0.25, 0.3) is 0 Å². The zero-order valence-electron chi connectivity index (χ0n) is 13.2. The van der Waals surface area contributed by atoms with E-state index < -0.39 is 0 Å². The number of aromatic nitrogens is 1. The predicted molar refractivity (Wildman–Crippen MR) is 82.2 cm³/mol. The molecule has 3 heteroatoms. The molecule has 0 unspecified atom stereocenters. The molecular formula is C16H29N3. The number of pyridine rings is 1. The standard InChI is InChI=1S/C16H29N3/c1-14-7-6-8-15(18-14)13-19(5)12-11-17-10-9-16(2,3)4/h6-8,17H,9-13H2,1-5H3. The molecule has 19 heavy (non-hydrogen) atoms. The topological polar surface area (TPSA) is 28.2 Å². The normalized spacial score (nSPS) is 12.1. The third kappa shape index (κ3) is 7.96. The van der Waals surface area contributed by atoms with Crippen molar-refractivity contribution in [2.24, 2.45) is 5.41 Å². The number of hydrogen-bond donors (Lipinski definition) is 1. The van der Waals surface area contributed by atoms with Crippen molar-refractivity contribution in [3.05, 3.63) is 29.6 Å². The van der Waals surface area contributed by atoms with Gasteiger partial charge in [0.15, 0.2) is 0 Å². The Morgan fingerprint density at radius 2 is 1.95 bits per heavy atom. The lowest BCUT2D eigenvalue weighted by molar-refractivity contribution is 0.311. The number of rotatable bonds is 7. The summed E-state index contributed by atoms with van der Waals surface area (Å²) < 4.78 is 0. The summed E-state index contributed by atoms with van der Waals surface area (Å²) in [7, 11) is 2.15. The van der Waals surface area contributed by atoms with Crippen LogP contribution in [0, 0.1) is 12.3 Å². The van der Waals surface area contributed by atoms with E-state index >= 15 is 0 Å². The van der Waals surface area contributed by atoms with Gasteiger partial charge in [-0.1, -0.05) is 26.8 Å². The van der Waals surface area contributed by atoms with Gasteiger partial charge in [-0.2, -0.15) is 0 Å². The Morgan fingerprint density at radius 1 is 1.21 bits per heavy atom. The van der Waals surface area contributed by atoms with Crippen LogP contribution in [0.1, 0.15) is 38.6 Å². The van der Waals surface area contributed by atoms with Gasteiger partial charge in [0.1, 0.15) is 0 Å². The van der Waals surface area contributed by atoms with Crippen LogP contribution >= 0.6 is 0 Å². The summed E-state index contributed by atoms with van der Waals surface area (Å²) in [4.78, 5) is 6.84. The quantitative estimate of drug-likeness (QED) is 0.767. The van der Waals surface area contributed by atoms with E-state index in [0.29, 0.717) is 5.41 Å². The molecule has 0 saturated heterocycles. The summed E-state index contributed by atoms with van der Waals surface area (Å²) >= 11 is 0. The number of likely N-dealkylation sites (N-methyl/N-ethyl adjacent to an activating group) is 1. The fourth-order valence-electron chi connectivity index (χ4n) is 1.90. The molecule has 0 spiro atoms. The smallest absolute Gasteiger partial charge is 0.0547 e. The van der Waals surface area contributed by atoms with Gasteiger partial charge in [0.2, 0.25) is 0 Å². The van der Waals surface area contributed by atoms with Crippen LogP contribution in [0.3, 0.4) is 0 Å². The van der Waals surface area contributed by atoms with Crippen LogP contribution in [-0.2, 0) is 6.54 Å². The lowest BCUT2D eigenvalue weighted by atomic mass is 9.92. The van der Waals surface area contributed by atoms with Crippen LogP contribution in [0.15, 0.2) is 18.2 Å². The van der Waals surface area contributed by atoms with Crippen molar-refractivity contribution >= 4 is 0 Å². The molecule has 0 amide bonds. The molecule has 0 aliphatic carbocycles. The summed E-state index contributed by atoms with van der Waals surface area (Å²) in [6, 6.07) is 6.21. The first kappa shape index (κ1) is 16.1. The van der Waals surface area contributed by atoms with Gasteiger partial charge in [-0.15, -0.1) is 0 Å². The highest BCUT2D eigenvalue weighted by atomic mass is 15.1. The molecule has 1 heterocycles. The first-order valence-corrected chi connectivity index (χ1v) is 7.19. The molecular weight excluding hydrogens is 234 g/mol. The van der Waals surface area contributed by atoms with Crippen molar-refractivity contribution in [1.82, 2.24) is 15.2 Å². The van der Waals surface area contributed by atoms with Crippen molar-refractivity contribution in [2.45, 2.75) is 40.7 Å². The monoisotopic (exact) mass is 263 g/mol. The van der Waals surface area contributed by atoms with Crippen molar-refractivity contribution in [2.75, 3.05) is 26.7 Å². The summed E-state index contributed by atoms with van der Waals surface area (Å²) in [6.45, 7) is 13.0. The van der Waals surface area contributed by atoms with Gasteiger partial charge in [-0.05, 0) is 44.5 Å². The van der Waals surface area contributed by atoms with Crippen LogP contribution in [0.4, 0.5) is 0 Å². The van der Waals surface area contributed by atoms with Crippen molar-refractivity contribution < 1.29 is 0 Å². The zero-order chi connectivity index (χ0) is 14.3. The second kappa shape index (κ2) is 7.61. The van der Waals surface area contributed by atoms with Crippen LogP contribution in [0.25, 0.3) is 0 Å². The highest BCUT2D eigenvalue weighted by Crippen LogP contribution is 2.16. The highest BCUT2D eigenvalue weighted by Gasteiger charge is 2.08. The summed E-state index contributed by atoms with van der Waals surface area (Å²) in [5, 5.41) is 3.51. The first-order valence-electron chi connectivity index (χ1n) is 7.19. The SMILES string of the molecule is Cc1cccc(CN(C)CCNCCC(C)(C)C)n1. The van der Waals surface area contributed by atoms with Gasteiger partial charge in [-0.3, -0.25) is 9.88 Å². The van der Waals surface area contributed by atoms with Gasteiger partial charge in [0.05, 0.1) is 5.69 Å². The molecule has 1 rings (SSSR count). The van der Waals surface area contributed by atoms with Crippen molar-refractivity contribution in [3.63, 3.8) is 0 Å². The number of nitrogens with one attached hydrogen (secondary N) is 1. The van der Waals surface area contributed by atoms with Crippen LogP contribution < -0.4 is 5.32 Å². The Balaban J connectivity index is 2.16. The lowest BCUT2D eigenvalue weighted by Gasteiger charge is -2.20. The third-order valence-corrected chi connectivity index (χ3v) is 3.10. The molecule has 1 aromatic heterocycles. The zero-order valence-corrected chi connectivity index (χ0v) is 13.2. The lowest BCUT2D eigenvalue weighted by Crippen LogP contribution is -2.30. The maximum absolute atomic E-state index is 4.53. The molecule has 1 aromatic rings. The molecule has 0 aliphatic heterocycles. The van der Waals surface area contributed by atoms with E-state index in [-0.39, 0.29) is 0 Å². The molecule has 1 N–H and O–H groups in total. The molecule has 0 aromatic carbocycles. The van der Waals surface area contributed by atoms with Gasteiger partial charge >= 0.3 is 0 Å². The molecule has 0 atom stereocenters. The Morgan fingerprint density at radius 3 is 2.58 bits per heavy atom. The van der Waals surface area contributed by atoms with Gasteiger partial charge in [-0.25, -0.2) is 0 Å².